The molecular weight excluding hydrogens is 368 g/mol. The number of hydrogen-bond donors (Lipinski definition) is 0. The lowest BCUT2D eigenvalue weighted by molar-refractivity contribution is -0.157. The van der Waals surface area contributed by atoms with Gasteiger partial charge in [-0.1, -0.05) is 13.0 Å². The fourth-order valence-electron chi connectivity index (χ4n) is 5.32. The van der Waals surface area contributed by atoms with Crippen molar-refractivity contribution in [2.45, 2.75) is 64.7 Å². The number of ether oxygens (including phenoxy) is 2. The molecular formula is C22H30N4O3. The highest BCUT2D eigenvalue weighted by molar-refractivity contribution is 5.78. The summed E-state index contributed by atoms with van der Waals surface area (Å²) in [5.41, 5.74) is 1.96. The first-order chi connectivity index (χ1) is 14.1. The van der Waals surface area contributed by atoms with Crippen molar-refractivity contribution in [3.8, 4) is 5.75 Å². The highest BCUT2D eigenvalue weighted by Gasteiger charge is 2.59. The molecule has 1 aromatic carbocycles. The Morgan fingerprint density at radius 3 is 2.83 bits per heavy atom. The zero-order valence-corrected chi connectivity index (χ0v) is 17.5. The number of nitrogens with zero attached hydrogens (tertiary/aromatic N) is 4. The first-order valence-electron chi connectivity index (χ1n) is 10.5. The second-order valence-electron chi connectivity index (χ2n) is 8.09. The van der Waals surface area contributed by atoms with Crippen molar-refractivity contribution < 1.29 is 14.3 Å². The van der Waals surface area contributed by atoms with Gasteiger partial charge in [-0.15, -0.1) is 0 Å². The number of fused-ring (bicyclic) bond motifs is 2. The van der Waals surface area contributed by atoms with Gasteiger partial charge < -0.3 is 9.47 Å². The number of rotatable bonds is 8. The zero-order chi connectivity index (χ0) is 20.4. The molecule has 7 nitrogen and oxygen atoms in total. The van der Waals surface area contributed by atoms with E-state index in [0.717, 1.165) is 43.5 Å². The normalized spacial score (nSPS) is 26.0. The summed E-state index contributed by atoms with van der Waals surface area (Å²) in [5, 5.41) is 4.21. The van der Waals surface area contributed by atoms with Crippen LogP contribution in [0.4, 0.5) is 0 Å². The fraction of sp³-hybridized carbons (Fsp3) is 0.591. The van der Waals surface area contributed by atoms with Crippen LogP contribution in [0.25, 0.3) is 0 Å². The third kappa shape index (κ3) is 3.52. The van der Waals surface area contributed by atoms with Crippen LogP contribution in [0.1, 0.15) is 50.7 Å². The molecule has 2 bridgehead atoms. The van der Waals surface area contributed by atoms with Crippen LogP contribution < -0.4 is 4.74 Å². The summed E-state index contributed by atoms with van der Waals surface area (Å²) in [4.78, 5) is 19.4. The van der Waals surface area contributed by atoms with E-state index in [2.05, 4.69) is 34.0 Å². The summed E-state index contributed by atoms with van der Waals surface area (Å²) >= 11 is 0. The van der Waals surface area contributed by atoms with Crippen LogP contribution >= 0.6 is 0 Å². The summed E-state index contributed by atoms with van der Waals surface area (Å²) in [6.45, 7) is 5.91. The Labute approximate surface area is 172 Å². The number of benzene rings is 1. The van der Waals surface area contributed by atoms with E-state index in [-0.39, 0.29) is 17.4 Å². The molecule has 0 spiro atoms. The molecule has 2 aliphatic rings. The molecule has 3 heterocycles. The SMILES string of the molecule is CCOC(=O)[C@]1(CC)C[C@@H]2CC[C@H]1N2Cc1ccc(OC)c(Cn2cncn2)c1. The lowest BCUT2D eigenvalue weighted by Gasteiger charge is -2.34. The van der Waals surface area contributed by atoms with E-state index in [0.29, 0.717) is 19.2 Å². The molecule has 0 unspecified atom stereocenters. The number of hydrogen-bond acceptors (Lipinski definition) is 6. The van der Waals surface area contributed by atoms with Gasteiger partial charge in [0.05, 0.1) is 25.7 Å². The summed E-state index contributed by atoms with van der Waals surface area (Å²) in [6, 6.07) is 7.05. The van der Waals surface area contributed by atoms with Gasteiger partial charge in [0.15, 0.2) is 0 Å². The van der Waals surface area contributed by atoms with E-state index in [1.165, 1.54) is 11.9 Å². The molecule has 0 radical (unpaired) electrons. The minimum absolute atomic E-state index is 0.0127. The van der Waals surface area contributed by atoms with Crippen molar-refractivity contribution >= 4 is 5.97 Å². The van der Waals surface area contributed by atoms with Gasteiger partial charge in [-0.2, -0.15) is 5.10 Å². The molecule has 2 aromatic rings. The average molecular weight is 399 g/mol. The molecule has 3 atom stereocenters. The highest BCUT2D eigenvalue weighted by Crippen LogP contribution is 2.53. The molecule has 4 rings (SSSR count). The number of methoxy groups -OCH3 is 1. The average Bonchev–Trinajstić information content (AvgIpc) is 3.45. The van der Waals surface area contributed by atoms with Crippen molar-refractivity contribution in [2.75, 3.05) is 13.7 Å². The van der Waals surface area contributed by atoms with E-state index in [4.69, 9.17) is 9.47 Å². The Bertz CT molecular complexity index is 854. The molecule has 1 aromatic heterocycles. The van der Waals surface area contributed by atoms with Gasteiger partial charge in [0, 0.05) is 24.2 Å². The molecule has 0 saturated carbocycles. The molecule has 0 aliphatic carbocycles. The summed E-state index contributed by atoms with van der Waals surface area (Å²) in [5.74, 6) is 0.837. The van der Waals surface area contributed by atoms with Gasteiger partial charge in [0.2, 0.25) is 0 Å². The summed E-state index contributed by atoms with van der Waals surface area (Å²) < 4.78 is 12.8. The van der Waals surface area contributed by atoms with Crippen molar-refractivity contribution in [1.29, 1.82) is 0 Å². The molecule has 29 heavy (non-hydrogen) atoms. The van der Waals surface area contributed by atoms with Gasteiger partial charge in [-0.3, -0.25) is 9.69 Å². The van der Waals surface area contributed by atoms with Gasteiger partial charge in [0.25, 0.3) is 0 Å². The van der Waals surface area contributed by atoms with E-state index in [1.807, 2.05) is 13.0 Å². The predicted octanol–water partition coefficient (Wildman–Crippen LogP) is 3.03. The molecule has 2 fully saturated rings. The third-order valence-corrected chi connectivity index (χ3v) is 6.70. The van der Waals surface area contributed by atoms with Crippen LogP contribution in [-0.4, -0.2) is 51.4 Å². The monoisotopic (exact) mass is 398 g/mol. The lowest BCUT2D eigenvalue weighted by Crippen LogP contribution is -2.43. The van der Waals surface area contributed by atoms with Crippen molar-refractivity contribution in [3.63, 3.8) is 0 Å². The lowest BCUT2D eigenvalue weighted by atomic mass is 9.72. The van der Waals surface area contributed by atoms with Crippen LogP contribution in [0.3, 0.4) is 0 Å². The maximum atomic E-state index is 12.8. The van der Waals surface area contributed by atoms with Crippen molar-refractivity contribution in [3.05, 3.63) is 42.0 Å². The van der Waals surface area contributed by atoms with Gasteiger partial charge in [-0.05, 0) is 50.3 Å². The Morgan fingerprint density at radius 1 is 1.28 bits per heavy atom. The maximum absolute atomic E-state index is 12.8. The first-order valence-corrected chi connectivity index (χ1v) is 10.5. The van der Waals surface area contributed by atoms with Gasteiger partial charge in [0.1, 0.15) is 18.4 Å². The Kier molecular flexibility index (Phi) is 5.58. The van der Waals surface area contributed by atoms with Gasteiger partial charge in [-0.25, -0.2) is 9.67 Å². The minimum atomic E-state index is -0.352. The van der Waals surface area contributed by atoms with E-state index >= 15 is 0 Å². The molecule has 156 valence electrons. The van der Waals surface area contributed by atoms with Crippen LogP contribution in [0.5, 0.6) is 5.75 Å². The second-order valence-corrected chi connectivity index (χ2v) is 8.09. The Morgan fingerprint density at radius 2 is 2.14 bits per heavy atom. The van der Waals surface area contributed by atoms with Crippen LogP contribution in [0, 0.1) is 5.41 Å². The van der Waals surface area contributed by atoms with E-state index in [1.54, 1.807) is 18.1 Å². The topological polar surface area (TPSA) is 69.5 Å². The van der Waals surface area contributed by atoms with Crippen molar-refractivity contribution in [2.24, 2.45) is 5.41 Å². The largest absolute Gasteiger partial charge is 0.496 e. The molecule has 0 amide bonds. The smallest absolute Gasteiger partial charge is 0.313 e. The maximum Gasteiger partial charge on any atom is 0.313 e. The number of carbonyl (C=O) groups excluding carboxylic acids is 1. The Hall–Kier alpha value is -2.41. The van der Waals surface area contributed by atoms with Crippen LogP contribution in [0.2, 0.25) is 0 Å². The minimum Gasteiger partial charge on any atom is -0.496 e. The first kappa shape index (κ1) is 19.9. The fourth-order valence-corrected chi connectivity index (χ4v) is 5.32. The molecule has 2 aliphatic heterocycles. The molecule has 7 heteroatoms. The third-order valence-electron chi connectivity index (χ3n) is 6.70. The number of carbonyl (C=O) groups is 1. The van der Waals surface area contributed by atoms with Gasteiger partial charge >= 0.3 is 5.97 Å². The standard InChI is InChI=1S/C22H30N4O3/c1-4-22(21(27)29-5-2)11-18-7-9-20(22)26(18)12-16-6-8-19(28-3)17(10-16)13-25-15-23-14-24-25/h6,8,10,14-15,18,20H,4-5,7,9,11-13H2,1-3H3/t18-,20+,22+/m0/s1. The number of esters is 1. The van der Waals surface area contributed by atoms with Crippen LogP contribution in [-0.2, 0) is 22.6 Å². The summed E-state index contributed by atoms with van der Waals surface area (Å²) in [6.07, 6.45) is 7.23. The molecule has 0 N–H and O–H groups in total. The van der Waals surface area contributed by atoms with Crippen LogP contribution in [0.15, 0.2) is 30.9 Å². The van der Waals surface area contributed by atoms with Crippen molar-refractivity contribution in [1.82, 2.24) is 19.7 Å². The van der Waals surface area contributed by atoms with E-state index in [9.17, 15) is 4.79 Å². The summed E-state index contributed by atoms with van der Waals surface area (Å²) in [7, 11) is 1.69. The predicted molar refractivity (Wildman–Crippen MR) is 108 cm³/mol. The zero-order valence-electron chi connectivity index (χ0n) is 17.5. The second kappa shape index (κ2) is 8.14. The molecule has 2 saturated heterocycles. The quantitative estimate of drug-likeness (QED) is 0.637. The number of aromatic nitrogens is 3. The Balaban J connectivity index is 1.56. The highest BCUT2D eigenvalue weighted by atomic mass is 16.5. The van der Waals surface area contributed by atoms with E-state index < -0.39 is 0 Å².